The molecule has 1 saturated heterocycles. The van der Waals surface area contributed by atoms with Gasteiger partial charge >= 0.3 is 0 Å². The fraction of sp³-hybridized carbons (Fsp3) is 0.500. The monoisotopic (exact) mass is 325 g/mol. The minimum absolute atomic E-state index is 0.0223. The first-order chi connectivity index (χ1) is 9.25. The molecule has 1 amide bonds. The van der Waals surface area contributed by atoms with Crippen molar-refractivity contribution in [3.8, 4) is 0 Å². The molecule has 104 valence electrons. The van der Waals surface area contributed by atoms with E-state index in [0.29, 0.717) is 18.3 Å². The van der Waals surface area contributed by atoms with Gasteiger partial charge in [0.25, 0.3) is 5.91 Å². The standard InChI is InChI=1S/C14H20BrN3O/c15-12-6-4-11(5-7-12)14(19)18-10-9-17-13-3-1-2-8-16-13/h4-7,13,16-17H,1-3,8-10H2,(H,18,19). The lowest BCUT2D eigenvalue weighted by Crippen LogP contribution is -2.47. The highest BCUT2D eigenvalue weighted by Crippen LogP contribution is 2.10. The average Bonchev–Trinajstić information content (AvgIpc) is 2.45. The van der Waals surface area contributed by atoms with Gasteiger partial charge in [-0.3, -0.25) is 4.79 Å². The Labute approximate surface area is 122 Å². The van der Waals surface area contributed by atoms with Gasteiger partial charge < -0.3 is 16.0 Å². The van der Waals surface area contributed by atoms with Crippen molar-refractivity contribution in [2.75, 3.05) is 19.6 Å². The number of halogens is 1. The number of amides is 1. The van der Waals surface area contributed by atoms with Crippen LogP contribution in [0.15, 0.2) is 28.7 Å². The predicted octanol–water partition coefficient (Wildman–Crippen LogP) is 1.87. The van der Waals surface area contributed by atoms with Crippen molar-refractivity contribution >= 4 is 21.8 Å². The Kier molecular flexibility index (Phi) is 5.82. The molecule has 5 heteroatoms. The largest absolute Gasteiger partial charge is 0.351 e. The minimum atomic E-state index is -0.0223. The third-order valence-electron chi connectivity index (χ3n) is 3.22. The molecule has 3 N–H and O–H groups in total. The first-order valence-electron chi connectivity index (χ1n) is 6.76. The molecule has 1 fully saturated rings. The molecule has 1 aliphatic heterocycles. The van der Waals surface area contributed by atoms with Crippen molar-refractivity contribution in [2.24, 2.45) is 0 Å². The van der Waals surface area contributed by atoms with E-state index in [1.165, 1.54) is 19.3 Å². The van der Waals surface area contributed by atoms with E-state index in [2.05, 4.69) is 31.9 Å². The van der Waals surface area contributed by atoms with Gasteiger partial charge in [0.15, 0.2) is 0 Å². The summed E-state index contributed by atoms with van der Waals surface area (Å²) in [6.07, 6.45) is 4.10. The first-order valence-corrected chi connectivity index (χ1v) is 7.55. The Bertz CT molecular complexity index is 402. The van der Waals surface area contributed by atoms with Crippen LogP contribution in [-0.2, 0) is 0 Å². The molecular weight excluding hydrogens is 306 g/mol. The van der Waals surface area contributed by atoms with Crippen LogP contribution >= 0.6 is 15.9 Å². The van der Waals surface area contributed by atoms with Gasteiger partial charge in [-0.2, -0.15) is 0 Å². The first kappa shape index (κ1) is 14.5. The SMILES string of the molecule is O=C(NCCNC1CCCCN1)c1ccc(Br)cc1. The van der Waals surface area contributed by atoms with Crippen LogP contribution in [0.1, 0.15) is 29.6 Å². The van der Waals surface area contributed by atoms with Gasteiger partial charge in [-0.25, -0.2) is 0 Å². The number of carbonyl (C=O) groups excluding carboxylic acids is 1. The number of benzene rings is 1. The fourth-order valence-electron chi connectivity index (χ4n) is 2.15. The molecule has 0 aliphatic carbocycles. The fourth-order valence-corrected chi connectivity index (χ4v) is 2.42. The minimum Gasteiger partial charge on any atom is -0.351 e. The molecule has 19 heavy (non-hydrogen) atoms. The van der Waals surface area contributed by atoms with E-state index in [-0.39, 0.29) is 5.91 Å². The van der Waals surface area contributed by atoms with Crippen LogP contribution in [0.4, 0.5) is 0 Å². The van der Waals surface area contributed by atoms with Gasteiger partial charge in [-0.15, -0.1) is 0 Å². The molecule has 0 aromatic heterocycles. The van der Waals surface area contributed by atoms with Crippen molar-refractivity contribution in [1.82, 2.24) is 16.0 Å². The molecule has 1 aliphatic rings. The van der Waals surface area contributed by atoms with Gasteiger partial charge in [0.05, 0.1) is 6.17 Å². The second-order valence-corrected chi connectivity index (χ2v) is 5.64. The van der Waals surface area contributed by atoms with E-state index < -0.39 is 0 Å². The van der Waals surface area contributed by atoms with Crippen LogP contribution in [0.2, 0.25) is 0 Å². The summed E-state index contributed by atoms with van der Waals surface area (Å²) >= 11 is 3.35. The highest BCUT2D eigenvalue weighted by molar-refractivity contribution is 9.10. The summed E-state index contributed by atoms with van der Waals surface area (Å²) in [5.74, 6) is -0.0223. The molecule has 1 heterocycles. The van der Waals surface area contributed by atoms with Gasteiger partial charge in [-0.1, -0.05) is 15.9 Å². The third kappa shape index (κ3) is 4.93. The molecule has 1 aromatic rings. The zero-order valence-corrected chi connectivity index (χ0v) is 12.5. The summed E-state index contributed by atoms with van der Waals surface area (Å²) in [5, 5.41) is 9.73. The topological polar surface area (TPSA) is 53.2 Å². The lowest BCUT2D eigenvalue weighted by atomic mass is 10.1. The molecule has 4 nitrogen and oxygen atoms in total. The maximum absolute atomic E-state index is 11.8. The van der Waals surface area contributed by atoms with Gasteiger partial charge in [0.1, 0.15) is 0 Å². The Morgan fingerprint density at radius 1 is 1.26 bits per heavy atom. The third-order valence-corrected chi connectivity index (χ3v) is 3.75. The van der Waals surface area contributed by atoms with Gasteiger partial charge in [-0.05, 0) is 50.1 Å². The van der Waals surface area contributed by atoms with Crippen LogP contribution < -0.4 is 16.0 Å². The molecule has 0 saturated carbocycles. The van der Waals surface area contributed by atoms with Crippen LogP contribution in [-0.4, -0.2) is 31.7 Å². The Morgan fingerprint density at radius 2 is 2.05 bits per heavy atom. The number of nitrogens with one attached hydrogen (secondary N) is 3. The van der Waals surface area contributed by atoms with Gasteiger partial charge in [0.2, 0.25) is 0 Å². The number of carbonyl (C=O) groups is 1. The van der Waals surface area contributed by atoms with E-state index in [0.717, 1.165) is 17.6 Å². The molecule has 1 unspecified atom stereocenters. The molecule has 0 spiro atoms. The summed E-state index contributed by atoms with van der Waals surface area (Å²) in [5.41, 5.74) is 0.694. The Balaban J connectivity index is 1.64. The number of piperidine rings is 1. The summed E-state index contributed by atoms with van der Waals surface area (Å²) in [6.45, 7) is 2.52. The zero-order valence-electron chi connectivity index (χ0n) is 10.9. The molecule has 1 aromatic carbocycles. The second-order valence-electron chi connectivity index (χ2n) is 4.72. The predicted molar refractivity (Wildman–Crippen MR) is 80.1 cm³/mol. The van der Waals surface area contributed by atoms with Crippen molar-refractivity contribution in [1.29, 1.82) is 0 Å². The van der Waals surface area contributed by atoms with Crippen LogP contribution in [0.5, 0.6) is 0 Å². The van der Waals surface area contributed by atoms with Crippen LogP contribution in [0.25, 0.3) is 0 Å². The Hall–Kier alpha value is -0.910. The van der Waals surface area contributed by atoms with E-state index in [9.17, 15) is 4.79 Å². The molecule has 0 bridgehead atoms. The number of rotatable bonds is 5. The second kappa shape index (κ2) is 7.62. The zero-order chi connectivity index (χ0) is 13.5. The summed E-state index contributed by atoms with van der Waals surface area (Å²) in [6, 6.07) is 7.38. The normalized spacial score (nSPS) is 19.1. The summed E-state index contributed by atoms with van der Waals surface area (Å²) in [7, 11) is 0. The highest BCUT2D eigenvalue weighted by Gasteiger charge is 2.11. The smallest absolute Gasteiger partial charge is 0.251 e. The highest BCUT2D eigenvalue weighted by atomic mass is 79.9. The van der Waals surface area contributed by atoms with Crippen LogP contribution in [0.3, 0.4) is 0 Å². The summed E-state index contributed by atoms with van der Waals surface area (Å²) < 4.78 is 0.981. The lowest BCUT2D eigenvalue weighted by molar-refractivity contribution is 0.0953. The average molecular weight is 326 g/mol. The van der Waals surface area contributed by atoms with Crippen LogP contribution in [0, 0.1) is 0 Å². The van der Waals surface area contributed by atoms with Crippen molar-refractivity contribution in [3.63, 3.8) is 0 Å². The Morgan fingerprint density at radius 3 is 2.74 bits per heavy atom. The van der Waals surface area contributed by atoms with E-state index in [4.69, 9.17) is 0 Å². The van der Waals surface area contributed by atoms with E-state index >= 15 is 0 Å². The maximum Gasteiger partial charge on any atom is 0.251 e. The van der Waals surface area contributed by atoms with E-state index in [1.54, 1.807) is 0 Å². The van der Waals surface area contributed by atoms with Crippen molar-refractivity contribution in [2.45, 2.75) is 25.4 Å². The van der Waals surface area contributed by atoms with Gasteiger partial charge in [0, 0.05) is 23.1 Å². The van der Waals surface area contributed by atoms with Crippen molar-refractivity contribution in [3.05, 3.63) is 34.3 Å². The molecule has 2 rings (SSSR count). The number of hydrogen-bond donors (Lipinski definition) is 3. The van der Waals surface area contributed by atoms with Crippen molar-refractivity contribution < 1.29 is 4.79 Å². The molecule has 0 radical (unpaired) electrons. The quantitative estimate of drug-likeness (QED) is 0.724. The maximum atomic E-state index is 11.8. The van der Waals surface area contributed by atoms with E-state index in [1.807, 2.05) is 24.3 Å². The molecular formula is C14H20BrN3O. The lowest BCUT2D eigenvalue weighted by Gasteiger charge is -2.24. The molecule has 1 atom stereocenters. The summed E-state index contributed by atoms with van der Waals surface area (Å²) in [4.78, 5) is 11.8. The number of hydrogen-bond acceptors (Lipinski definition) is 3.